The second-order valence-corrected chi connectivity index (χ2v) is 9.04. The van der Waals surface area contributed by atoms with Gasteiger partial charge in [-0.05, 0) is 0 Å². The molecule has 1 aliphatic rings. The van der Waals surface area contributed by atoms with E-state index in [0.717, 1.165) is 5.69 Å². The quantitative estimate of drug-likeness (QED) is 0.226. The minimum absolute atomic E-state index is 0.0431. The zero-order valence-corrected chi connectivity index (χ0v) is 17.1. The number of primary amides is 1. The molecule has 0 bridgehead atoms. The zero-order valence-electron chi connectivity index (χ0n) is 14.7. The molecule has 11 nitrogen and oxygen atoms in total. The molecule has 7 N–H and O–H groups in total. The second kappa shape index (κ2) is 8.58. The van der Waals surface area contributed by atoms with Crippen LogP contribution >= 0.6 is 23.1 Å². The van der Waals surface area contributed by atoms with E-state index in [-0.39, 0.29) is 17.5 Å². The van der Waals surface area contributed by atoms with Crippen LogP contribution in [0.5, 0.6) is 0 Å². The van der Waals surface area contributed by atoms with Crippen molar-refractivity contribution < 1.29 is 13.2 Å². The molecule has 14 heteroatoms. The number of guanidine groups is 1. The molecular formula is C13H20N8O3S3. The Kier molecular flexibility index (Phi) is 6.67. The minimum Gasteiger partial charge on any atom is -0.373 e. The molecule has 2 rings (SSSR count). The van der Waals surface area contributed by atoms with Crippen LogP contribution in [0.1, 0.15) is 5.69 Å². The third-order valence-corrected chi connectivity index (χ3v) is 6.28. The summed E-state index contributed by atoms with van der Waals surface area (Å²) in [7, 11) is -0.763. The maximum Gasteiger partial charge on any atom is 0.270 e. The number of aromatic nitrogens is 1. The van der Waals surface area contributed by atoms with Crippen molar-refractivity contribution in [3.8, 4) is 0 Å². The molecule has 27 heavy (non-hydrogen) atoms. The molecule has 0 fully saturated rings. The van der Waals surface area contributed by atoms with Crippen molar-refractivity contribution in [2.45, 2.75) is 5.75 Å². The number of rotatable bonds is 8. The van der Waals surface area contributed by atoms with Crippen LogP contribution in [0.25, 0.3) is 0 Å². The largest absolute Gasteiger partial charge is 0.373 e. The first-order chi connectivity index (χ1) is 12.6. The van der Waals surface area contributed by atoms with Gasteiger partial charge >= 0.3 is 0 Å². The Morgan fingerprint density at radius 2 is 2.07 bits per heavy atom. The summed E-state index contributed by atoms with van der Waals surface area (Å²) in [6.07, 6.45) is 0. The molecule has 0 aromatic carbocycles. The molecule has 1 aromatic heterocycles. The van der Waals surface area contributed by atoms with E-state index in [0.29, 0.717) is 23.2 Å². The lowest BCUT2D eigenvalue weighted by molar-refractivity contribution is -0.114. The molecule has 2 heterocycles. The molecule has 148 valence electrons. The molecule has 1 aromatic rings. The lowest BCUT2D eigenvalue weighted by Crippen LogP contribution is -2.28. The Labute approximate surface area is 164 Å². The van der Waals surface area contributed by atoms with Gasteiger partial charge < -0.3 is 22.1 Å². The fourth-order valence-corrected chi connectivity index (χ4v) is 5.01. The van der Waals surface area contributed by atoms with Gasteiger partial charge in [-0.1, -0.05) is 0 Å². The number of hydrogen-bond acceptors (Lipinski definition) is 9. The number of nitrogens with two attached hydrogens (primary N) is 3. The Bertz CT molecular complexity index is 913. The van der Waals surface area contributed by atoms with Crippen LogP contribution in [-0.2, 0) is 20.6 Å². The van der Waals surface area contributed by atoms with E-state index in [1.54, 1.807) is 25.9 Å². The molecule has 0 saturated carbocycles. The SMILES string of the molecule is CN(C)C1=C(C(N)=O)S(=O)(=O)NC1=NCCSCc1csc(N=C(N)N)n1. The molecule has 0 unspecified atom stereocenters. The number of thioether (sulfide) groups is 1. The summed E-state index contributed by atoms with van der Waals surface area (Å²) >= 11 is 2.90. The van der Waals surface area contributed by atoms with Crippen LogP contribution in [0.3, 0.4) is 0 Å². The highest BCUT2D eigenvalue weighted by Gasteiger charge is 2.38. The van der Waals surface area contributed by atoms with E-state index in [1.807, 2.05) is 5.38 Å². The second-order valence-electron chi connectivity index (χ2n) is 5.48. The molecule has 1 amide bonds. The molecule has 0 radical (unpaired) electrons. The van der Waals surface area contributed by atoms with Crippen LogP contribution in [0.4, 0.5) is 5.13 Å². The average Bonchev–Trinajstić information content (AvgIpc) is 3.07. The first-order valence-corrected chi connectivity index (χ1v) is 11.0. The van der Waals surface area contributed by atoms with Gasteiger partial charge in [0.25, 0.3) is 15.9 Å². The van der Waals surface area contributed by atoms with Crippen LogP contribution < -0.4 is 21.9 Å². The number of amidine groups is 1. The van der Waals surface area contributed by atoms with E-state index >= 15 is 0 Å². The average molecular weight is 433 g/mol. The van der Waals surface area contributed by atoms with Crippen molar-refractivity contribution >= 4 is 56.0 Å². The van der Waals surface area contributed by atoms with Crippen molar-refractivity contribution in [1.82, 2.24) is 14.6 Å². The minimum atomic E-state index is -3.99. The fourth-order valence-electron chi connectivity index (χ4n) is 2.16. The topological polar surface area (TPSA) is 182 Å². The first kappa shape index (κ1) is 21.0. The van der Waals surface area contributed by atoms with E-state index in [1.165, 1.54) is 16.2 Å². The van der Waals surface area contributed by atoms with Crippen molar-refractivity contribution in [2.75, 3.05) is 26.4 Å². The Hall–Kier alpha value is -2.32. The Morgan fingerprint density at radius 1 is 1.37 bits per heavy atom. The smallest absolute Gasteiger partial charge is 0.270 e. The third kappa shape index (κ3) is 5.33. The summed E-state index contributed by atoms with van der Waals surface area (Å²) in [5.74, 6) is 0.297. The van der Waals surface area contributed by atoms with Gasteiger partial charge in [0.2, 0.25) is 5.13 Å². The number of hydrogen-bond donors (Lipinski definition) is 4. The summed E-state index contributed by atoms with van der Waals surface area (Å²) in [6.45, 7) is 0.344. The maximum absolute atomic E-state index is 12.1. The zero-order chi connectivity index (χ0) is 20.2. The van der Waals surface area contributed by atoms with E-state index in [2.05, 4.69) is 19.7 Å². The van der Waals surface area contributed by atoms with Gasteiger partial charge in [0, 0.05) is 31.0 Å². The summed E-state index contributed by atoms with van der Waals surface area (Å²) in [5.41, 5.74) is 16.8. The van der Waals surface area contributed by atoms with Gasteiger partial charge in [0.05, 0.1) is 12.2 Å². The number of aliphatic imine (C=N–C) groups is 2. The standard InChI is InChI=1S/C13H20N8O3S3/c1-21(2)8-9(10(14)22)27(23,24)20-11(8)17-3-4-25-5-7-6-26-13(18-7)19-12(15)16/h6H,3-5H2,1-2H3,(H2,14,22)(H,17,20)(H4,15,16,18,19). The highest BCUT2D eigenvalue weighted by molar-refractivity contribution is 7.98. The number of likely N-dealkylation sites (N-methyl/N-ethyl adjacent to an activating group) is 1. The molecule has 0 aliphatic carbocycles. The maximum atomic E-state index is 12.1. The number of sulfonamides is 1. The van der Waals surface area contributed by atoms with Crippen LogP contribution in [-0.4, -0.2) is 62.4 Å². The summed E-state index contributed by atoms with van der Waals surface area (Å²) in [5, 5.41) is 2.35. The number of amides is 1. The summed E-state index contributed by atoms with van der Waals surface area (Å²) < 4.78 is 26.4. The number of carbonyl (C=O) groups excluding carboxylic acids is 1. The van der Waals surface area contributed by atoms with Crippen LogP contribution in [0.15, 0.2) is 26.0 Å². The number of nitrogens with one attached hydrogen (secondary N) is 1. The van der Waals surface area contributed by atoms with Gasteiger partial charge in [-0.15, -0.1) is 11.3 Å². The van der Waals surface area contributed by atoms with Gasteiger partial charge in [-0.3, -0.25) is 14.5 Å². The predicted molar refractivity (Wildman–Crippen MR) is 108 cm³/mol. The van der Waals surface area contributed by atoms with Gasteiger partial charge in [0.15, 0.2) is 16.7 Å². The summed E-state index contributed by atoms with van der Waals surface area (Å²) in [4.78, 5) is 24.9. The van der Waals surface area contributed by atoms with Crippen molar-refractivity contribution in [1.29, 1.82) is 0 Å². The number of carbonyl (C=O) groups is 1. The van der Waals surface area contributed by atoms with Crippen molar-refractivity contribution in [3.63, 3.8) is 0 Å². The first-order valence-electron chi connectivity index (χ1n) is 7.52. The van der Waals surface area contributed by atoms with Gasteiger partial charge in [-0.25, -0.2) is 13.4 Å². The summed E-state index contributed by atoms with van der Waals surface area (Å²) in [6, 6.07) is 0. The molecule has 0 saturated heterocycles. The number of nitrogens with zero attached hydrogens (tertiary/aromatic N) is 4. The van der Waals surface area contributed by atoms with Crippen molar-refractivity contribution in [2.24, 2.45) is 27.2 Å². The number of thiazole rings is 1. The lowest BCUT2D eigenvalue weighted by Gasteiger charge is -2.14. The Morgan fingerprint density at radius 3 is 2.67 bits per heavy atom. The van der Waals surface area contributed by atoms with Gasteiger partial charge in [-0.2, -0.15) is 16.8 Å². The lowest BCUT2D eigenvalue weighted by atomic mass is 10.3. The van der Waals surface area contributed by atoms with Crippen LogP contribution in [0.2, 0.25) is 0 Å². The normalized spacial score (nSPS) is 17.0. The van der Waals surface area contributed by atoms with Gasteiger partial charge in [0.1, 0.15) is 5.70 Å². The van der Waals surface area contributed by atoms with E-state index in [9.17, 15) is 13.2 Å². The fraction of sp³-hybridized carbons (Fsp3) is 0.385. The highest BCUT2D eigenvalue weighted by Crippen LogP contribution is 2.23. The molecule has 1 aliphatic heterocycles. The van der Waals surface area contributed by atoms with Crippen molar-refractivity contribution in [3.05, 3.63) is 21.7 Å². The predicted octanol–water partition coefficient (Wildman–Crippen LogP) is -1.13. The van der Waals surface area contributed by atoms with Crippen LogP contribution in [0, 0.1) is 0 Å². The highest BCUT2D eigenvalue weighted by atomic mass is 32.2. The Balaban J connectivity index is 1.97. The van der Waals surface area contributed by atoms with E-state index < -0.39 is 20.8 Å². The molecule has 0 atom stereocenters. The van der Waals surface area contributed by atoms with E-state index in [4.69, 9.17) is 17.2 Å². The third-order valence-electron chi connectivity index (χ3n) is 3.13. The molecule has 0 spiro atoms. The monoisotopic (exact) mass is 432 g/mol. The molecular weight excluding hydrogens is 412 g/mol.